The molecule has 28 heavy (non-hydrogen) atoms. The number of alkyl carbamates (subject to hydrolysis) is 1. The molecule has 0 spiro atoms. The molecule has 0 aromatic rings. The molecule has 1 saturated heterocycles. The van der Waals surface area contributed by atoms with Gasteiger partial charge < -0.3 is 24.8 Å². The lowest BCUT2D eigenvalue weighted by Gasteiger charge is -2.23. The molecule has 1 aliphatic heterocycles. The number of ether oxygens (including phenoxy) is 3. The van der Waals surface area contributed by atoms with E-state index in [4.69, 9.17) is 14.2 Å². The molecule has 8 heteroatoms. The zero-order valence-corrected chi connectivity index (χ0v) is 18.2. The van der Waals surface area contributed by atoms with Crippen molar-refractivity contribution in [2.75, 3.05) is 7.11 Å². The van der Waals surface area contributed by atoms with Crippen LogP contribution in [0.5, 0.6) is 0 Å². The van der Waals surface area contributed by atoms with Gasteiger partial charge in [-0.25, -0.2) is 9.59 Å². The van der Waals surface area contributed by atoms with E-state index in [-0.39, 0.29) is 18.1 Å². The summed E-state index contributed by atoms with van der Waals surface area (Å²) in [4.78, 5) is 36.0. The highest BCUT2D eigenvalue weighted by Gasteiger charge is 2.32. The Labute approximate surface area is 168 Å². The standard InChI is InChI=1S/C20H36N2O6/c1-19(2,3)27-17(24)15-12-11-13(21-15)9-8-10-14(16(23)26-7)22-18(25)28-20(4,5)6/h13-15,21H,8-12H2,1-7H3,(H,22,25)/t13-,14?,15+/m1/s1. The summed E-state index contributed by atoms with van der Waals surface area (Å²) in [6, 6.07) is -0.874. The first-order valence-electron chi connectivity index (χ1n) is 9.87. The predicted octanol–water partition coefficient (Wildman–Crippen LogP) is 2.69. The SMILES string of the molecule is COC(=O)C(CCC[C@@H]1CC[C@@H](C(=O)OC(C)(C)C)N1)NC(=O)OC(C)(C)C. The van der Waals surface area contributed by atoms with E-state index >= 15 is 0 Å². The van der Waals surface area contributed by atoms with E-state index in [0.717, 1.165) is 19.3 Å². The number of amides is 1. The molecule has 1 rings (SSSR count). The van der Waals surface area contributed by atoms with Crippen LogP contribution in [0.3, 0.4) is 0 Å². The maximum atomic E-state index is 12.1. The predicted molar refractivity (Wildman–Crippen MR) is 105 cm³/mol. The van der Waals surface area contributed by atoms with Gasteiger partial charge in [-0.05, 0) is 73.6 Å². The van der Waals surface area contributed by atoms with Crippen LogP contribution in [0.4, 0.5) is 4.79 Å². The number of carbonyl (C=O) groups is 3. The van der Waals surface area contributed by atoms with Crippen molar-refractivity contribution in [1.82, 2.24) is 10.6 Å². The molecule has 8 nitrogen and oxygen atoms in total. The van der Waals surface area contributed by atoms with Gasteiger partial charge in [-0.1, -0.05) is 0 Å². The van der Waals surface area contributed by atoms with Crippen LogP contribution in [-0.2, 0) is 23.8 Å². The number of rotatable bonds is 7. The van der Waals surface area contributed by atoms with E-state index in [1.165, 1.54) is 7.11 Å². The van der Waals surface area contributed by atoms with Gasteiger partial charge in [0.25, 0.3) is 0 Å². The van der Waals surface area contributed by atoms with Crippen molar-refractivity contribution in [3.63, 3.8) is 0 Å². The summed E-state index contributed by atoms with van der Waals surface area (Å²) in [7, 11) is 1.29. The third-order valence-corrected chi connectivity index (χ3v) is 4.15. The minimum absolute atomic E-state index is 0.178. The number of carbonyl (C=O) groups excluding carboxylic acids is 3. The molecule has 1 unspecified atom stereocenters. The lowest BCUT2D eigenvalue weighted by Crippen LogP contribution is -2.44. The number of methoxy groups -OCH3 is 1. The summed E-state index contributed by atoms with van der Waals surface area (Å²) in [6.45, 7) is 10.8. The molecule has 0 aliphatic carbocycles. The summed E-state index contributed by atoms with van der Waals surface area (Å²) in [5.41, 5.74) is -1.15. The van der Waals surface area contributed by atoms with Crippen LogP contribution in [0.25, 0.3) is 0 Å². The minimum Gasteiger partial charge on any atom is -0.467 e. The molecule has 1 amide bonds. The Hall–Kier alpha value is -1.83. The summed E-state index contributed by atoms with van der Waals surface area (Å²) in [6.07, 6.45) is 2.85. The van der Waals surface area contributed by atoms with Crippen LogP contribution >= 0.6 is 0 Å². The van der Waals surface area contributed by atoms with Crippen molar-refractivity contribution in [2.45, 2.75) is 103 Å². The molecule has 1 heterocycles. The second kappa shape index (κ2) is 10.1. The first-order valence-corrected chi connectivity index (χ1v) is 9.87. The summed E-state index contributed by atoms with van der Waals surface area (Å²) in [5.74, 6) is -0.731. The zero-order chi connectivity index (χ0) is 21.5. The number of hydrogen-bond acceptors (Lipinski definition) is 7. The molecule has 2 N–H and O–H groups in total. The second-order valence-electron chi connectivity index (χ2n) is 9.18. The number of nitrogens with one attached hydrogen (secondary N) is 2. The van der Waals surface area contributed by atoms with Gasteiger partial charge in [0, 0.05) is 6.04 Å². The van der Waals surface area contributed by atoms with Crippen molar-refractivity contribution < 1.29 is 28.6 Å². The molecule has 0 aromatic heterocycles. The molecule has 1 fully saturated rings. The van der Waals surface area contributed by atoms with Crippen LogP contribution in [-0.4, -0.2) is 54.5 Å². The Kier molecular flexibility index (Phi) is 8.73. The van der Waals surface area contributed by atoms with Gasteiger partial charge in [-0.15, -0.1) is 0 Å². The molecular formula is C20H36N2O6. The third-order valence-electron chi connectivity index (χ3n) is 4.15. The van der Waals surface area contributed by atoms with Crippen molar-refractivity contribution in [2.24, 2.45) is 0 Å². The van der Waals surface area contributed by atoms with Gasteiger partial charge >= 0.3 is 18.0 Å². The van der Waals surface area contributed by atoms with Crippen molar-refractivity contribution in [3.05, 3.63) is 0 Å². The highest BCUT2D eigenvalue weighted by Crippen LogP contribution is 2.20. The van der Waals surface area contributed by atoms with E-state index in [0.29, 0.717) is 12.8 Å². The van der Waals surface area contributed by atoms with E-state index in [1.54, 1.807) is 20.8 Å². The fourth-order valence-corrected chi connectivity index (χ4v) is 3.01. The van der Waals surface area contributed by atoms with Crippen LogP contribution in [0.1, 0.15) is 73.6 Å². The topological polar surface area (TPSA) is 103 Å². The van der Waals surface area contributed by atoms with Crippen LogP contribution in [0, 0.1) is 0 Å². The quantitative estimate of drug-likeness (QED) is 0.500. The Morgan fingerprint density at radius 1 is 1.04 bits per heavy atom. The van der Waals surface area contributed by atoms with Gasteiger partial charge in [0.15, 0.2) is 0 Å². The fraction of sp³-hybridized carbons (Fsp3) is 0.850. The molecule has 1 aliphatic rings. The maximum absolute atomic E-state index is 12.1. The lowest BCUT2D eigenvalue weighted by atomic mass is 10.0. The van der Waals surface area contributed by atoms with E-state index < -0.39 is 29.3 Å². The van der Waals surface area contributed by atoms with Crippen molar-refractivity contribution in [3.8, 4) is 0 Å². The Bertz CT molecular complexity index is 550. The van der Waals surface area contributed by atoms with Gasteiger partial charge in [0.05, 0.1) is 7.11 Å². The summed E-state index contributed by atoms with van der Waals surface area (Å²) >= 11 is 0. The van der Waals surface area contributed by atoms with E-state index in [1.807, 2.05) is 20.8 Å². The Morgan fingerprint density at radius 3 is 2.18 bits per heavy atom. The normalized spacial score (nSPS) is 21.0. The van der Waals surface area contributed by atoms with Crippen LogP contribution in [0.15, 0.2) is 0 Å². The molecule has 0 radical (unpaired) electrons. The summed E-state index contributed by atoms with van der Waals surface area (Å²) in [5, 5.41) is 5.87. The van der Waals surface area contributed by atoms with Gasteiger partial charge in [-0.2, -0.15) is 0 Å². The van der Waals surface area contributed by atoms with Crippen molar-refractivity contribution in [1.29, 1.82) is 0 Å². The highest BCUT2D eigenvalue weighted by atomic mass is 16.6. The lowest BCUT2D eigenvalue weighted by molar-refractivity contribution is -0.157. The smallest absolute Gasteiger partial charge is 0.408 e. The average Bonchev–Trinajstić information content (AvgIpc) is 2.98. The molecular weight excluding hydrogens is 364 g/mol. The van der Waals surface area contributed by atoms with Gasteiger partial charge in [0.2, 0.25) is 0 Å². The highest BCUT2D eigenvalue weighted by molar-refractivity contribution is 5.81. The first kappa shape index (κ1) is 24.2. The molecule has 0 bridgehead atoms. The van der Waals surface area contributed by atoms with Crippen LogP contribution < -0.4 is 10.6 Å². The Morgan fingerprint density at radius 2 is 1.64 bits per heavy atom. The molecule has 3 atom stereocenters. The monoisotopic (exact) mass is 400 g/mol. The number of esters is 2. The van der Waals surface area contributed by atoms with Gasteiger partial charge in [-0.3, -0.25) is 4.79 Å². The van der Waals surface area contributed by atoms with Crippen LogP contribution in [0.2, 0.25) is 0 Å². The van der Waals surface area contributed by atoms with E-state index in [2.05, 4.69) is 10.6 Å². The number of hydrogen-bond donors (Lipinski definition) is 2. The molecule has 0 saturated carbocycles. The average molecular weight is 401 g/mol. The first-order chi connectivity index (χ1) is 12.8. The fourth-order valence-electron chi connectivity index (χ4n) is 3.01. The zero-order valence-electron chi connectivity index (χ0n) is 18.2. The minimum atomic E-state index is -0.761. The molecule has 162 valence electrons. The largest absolute Gasteiger partial charge is 0.467 e. The van der Waals surface area contributed by atoms with E-state index in [9.17, 15) is 14.4 Å². The van der Waals surface area contributed by atoms with Gasteiger partial charge in [0.1, 0.15) is 23.3 Å². The molecule has 0 aromatic carbocycles. The van der Waals surface area contributed by atoms with Crippen molar-refractivity contribution >= 4 is 18.0 Å². The third kappa shape index (κ3) is 9.39. The Balaban J connectivity index is 2.45. The maximum Gasteiger partial charge on any atom is 0.408 e. The second-order valence-corrected chi connectivity index (χ2v) is 9.18. The summed E-state index contributed by atoms with van der Waals surface area (Å²) < 4.78 is 15.4.